The molecule has 0 saturated carbocycles. The van der Waals surface area contributed by atoms with Gasteiger partial charge in [0.05, 0.1) is 31.6 Å². The Bertz CT molecular complexity index is 669. The lowest BCUT2D eigenvalue weighted by atomic mass is 10.2. The number of benzene rings is 1. The van der Waals surface area contributed by atoms with Gasteiger partial charge in [-0.25, -0.2) is 0 Å². The van der Waals surface area contributed by atoms with Gasteiger partial charge in [-0.3, -0.25) is 14.5 Å². The second-order valence-corrected chi connectivity index (χ2v) is 5.25. The summed E-state index contributed by atoms with van der Waals surface area (Å²) in [7, 11) is 2.98. The zero-order chi connectivity index (χ0) is 16.3. The van der Waals surface area contributed by atoms with Crippen LogP contribution in [0.15, 0.2) is 23.1 Å². The number of carboxylic acids is 1. The van der Waals surface area contributed by atoms with Gasteiger partial charge in [0.15, 0.2) is 11.5 Å². The van der Waals surface area contributed by atoms with Gasteiger partial charge in [0.2, 0.25) is 0 Å². The molecule has 0 atom stereocenters. The summed E-state index contributed by atoms with van der Waals surface area (Å²) in [5, 5.41) is 9.91. The van der Waals surface area contributed by atoms with Crippen molar-refractivity contribution in [2.75, 3.05) is 20.8 Å². The first-order chi connectivity index (χ1) is 10.5. The van der Waals surface area contributed by atoms with E-state index in [0.29, 0.717) is 33.7 Å². The van der Waals surface area contributed by atoms with Crippen LogP contribution in [0.5, 0.6) is 11.5 Å². The lowest BCUT2D eigenvalue weighted by Crippen LogP contribution is -2.40. The number of carbonyl (C=O) groups excluding carboxylic acids is 3. The zero-order valence-corrected chi connectivity index (χ0v) is 12.6. The molecule has 7 nitrogen and oxygen atoms in total. The smallest absolute Gasteiger partial charge is 0.293 e. The highest BCUT2D eigenvalue weighted by atomic mass is 32.2. The number of hydrogen-bond donors (Lipinski definition) is 0. The number of thioether (sulfide) groups is 1. The minimum absolute atomic E-state index is 0.137. The van der Waals surface area contributed by atoms with Crippen LogP contribution in [-0.4, -0.2) is 42.8 Å². The fourth-order valence-electron chi connectivity index (χ4n) is 1.86. The minimum atomic E-state index is -1.49. The monoisotopic (exact) mass is 322 g/mol. The lowest BCUT2D eigenvalue weighted by molar-refractivity contribution is -0.305. The van der Waals surface area contributed by atoms with Crippen molar-refractivity contribution in [1.82, 2.24) is 4.90 Å². The van der Waals surface area contributed by atoms with Crippen LogP contribution in [0.1, 0.15) is 5.56 Å². The first-order valence-corrected chi connectivity index (χ1v) is 6.95. The molecule has 8 heteroatoms. The van der Waals surface area contributed by atoms with E-state index >= 15 is 0 Å². The Morgan fingerprint density at radius 1 is 1.27 bits per heavy atom. The maximum atomic E-state index is 12.0. The normalized spacial score (nSPS) is 16.3. The fourth-order valence-corrected chi connectivity index (χ4v) is 2.70. The van der Waals surface area contributed by atoms with Crippen molar-refractivity contribution >= 4 is 35.0 Å². The molecule has 0 N–H and O–H groups in total. The highest BCUT2D eigenvalue weighted by Gasteiger charge is 2.34. The van der Waals surface area contributed by atoms with Gasteiger partial charge in [0, 0.05) is 0 Å². The number of carboxylic acid groups (broad SMARTS) is 1. The molecule has 1 heterocycles. The Hall–Kier alpha value is -2.48. The number of aliphatic carboxylic acids is 1. The average molecular weight is 322 g/mol. The number of carbonyl (C=O) groups is 3. The van der Waals surface area contributed by atoms with Crippen LogP contribution in [-0.2, 0) is 9.59 Å². The molecule has 1 aliphatic heterocycles. The maximum Gasteiger partial charge on any atom is 0.293 e. The predicted octanol–water partition coefficient (Wildman–Crippen LogP) is 0.490. The van der Waals surface area contributed by atoms with Crippen LogP contribution >= 0.6 is 11.8 Å². The third-order valence-electron chi connectivity index (χ3n) is 2.87. The molecule has 1 aromatic rings. The molecule has 0 spiro atoms. The zero-order valence-electron chi connectivity index (χ0n) is 11.8. The van der Waals surface area contributed by atoms with Crippen LogP contribution in [0.3, 0.4) is 0 Å². The predicted molar refractivity (Wildman–Crippen MR) is 77.2 cm³/mol. The maximum absolute atomic E-state index is 12.0. The van der Waals surface area contributed by atoms with Gasteiger partial charge >= 0.3 is 0 Å². The highest BCUT2D eigenvalue weighted by Crippen LogP contribution is 2.34. The summed E-state index contributed by atoms with van der Waals surface area (Å²) >= 11 is 0.677. The molecule has 0 radical (unpaired) electrons. The van der Waals surface area contributed by atoms with Gasteiger partial charge in [0.1, 0.15) is 0 Å². The second kappa shape index (κ2) is 6.52. The van der Waals surface area contributed by atoms with E-state index in [0.717, 1.165) is 0 Å². The molecule has 1 saturated heterocycles. The average Bonchev–Trinajstić information content (AvgIpc) is 2.74. The van der Waals surface area contributed by atoms with Crippen molar-refractivity contribution in [2.45, 2.75) is 0 Å². The van der Waals surface area contributed by atoms with Crippen LogP contribution in [0.25, 0.3) is 6.08 Å². The largest absolute Gasteiger partial charge is 0.548 e. The fraction of sp³-hybridized carbons (Fsp3) is 0.214. The molecule has 116 valence electrons. The number of hydrogen-bond acceptors (Lipinski definition) is 7. The third kappa shape index (κ3) is 3.22. The summed E-state index contributed by atoms with van der Waals surface area (Å²) in [6.45, 7) is -0.756. The second-order valence-electron chi connectivity index (χ2n) is 4.25. The van der Waals surface area contributed by atoms with E-state index in [1.54, 1.807) is 18.2 Å². The van der Waals surface area contributed by atoms with E-state index in [1.807, 2.05) is 0 Å². The molecule has 22 heavy (non-hydrogen) atoms. The van der Waals surface area contributed by atoms with E-state index in [-0.39, 0.29) is 4.91 Å². The van der Waals surface area contributed by atoms with E-state index in [2.05, 4.69) is 0 Å². The molecule has 1 aromatic carbocycles. The standard InChI is InChI=1S/C14H13NO6S/c1-20-9-4-3-8(5-10(9)21-2)6-11-13(18)15(7-12(16)17)14(19)22-11/h3-6H,7H2,1-2H3,(H,16,17)/p-1/b11-6-. The summed E-state index contributed by atoms with van der Waals surface area (Å²) in [5.74, 6) is -1.14. The molecule has 2 amide bonds. The van der Waals surface area contributed by atoms with E-state index in [9.17, 15) is 19.5 Å². The Balaban J connectivity index is 2.28. The first-order valence-electron chi connectivity index (χ1n) is 6.13. The molecule has 0 bridgehead atoms. The van der Waals surface area contributed by atoms with Gasteiger partial charge in [-0.05, 0) is 35.5 Å². The van der Waals surface area contributed by atoms with Crippen molar-refractivity contribution in [1.29, 1.82) is 0 Å². The van der Waals surface area contributed by atoms with Crippen LogP contribution < -0.4 is 14.6 Å². The number of imide groups is 1. The minimum Gasteiger partial charge on any atom is -0.548 e. The summed E-state index contributed by atoms with van der Waals surface area (Å²) < 4.78 is 10.3. The Morgan fingerprint density at radius 3 is 2.55 bits per heavy atom. The van der Waals surface area contributed by atoms with Gasteiger partial charge in [-0.15, -0.1) is 0 Å². The summed E-state index contributed by atoms with van der Waals surface area (Å²) in [5.41, 5.74) is 0.622. The van der Waals surface area contributed by atoms with Crippen LogP contribution in [0.4, 0.5) is 4.79 Å². The highest BCUT2D eigenvalue weighted by molar-refractivity contribution is 8.18. The number of methoxy groups -OCH3 is 2. The molecule has 2 rings (SSSR count). The Labute approximate surface area is 130 Å². The number of amides is 2. The first kappa shape index (κ1) is 15.9. The molecular weight excluding hydrogens is 310 g/mol. The topological polar surface area (TPSA) is 96.0 Å². The van der Waals surface area contributed by atoms with Crippen LogP contribution in [0.2, 0.25) is 0 Å². The molecule has 1 aliphatic rings. The van der Waals surface area contributed by atoms with E-state index in [4.69, 9.17) is 9.47 Å². The lowest BCUT2D eigenvalue weighted by Gasteiger charge is -2.12. The van der Waals surface area contributed by atoms with E-state index < -0.39 is 23.7 Å². The molecule has 0 unspecified atom stereocenters. The molecule has 0 aromatic heterocycles. The number of rotatable bonds is 5. The molecule has 1 fully saturated rings. The van der Waals surface area contributed by atoms with Crippen molar-refractivity contribution in [3.8, 4) is 11.5 Å². The summed E-state index contributed by atoms with van der Waals surface area (Å²) in [4.78, 5) is 35.0. The SMILES string of the molecule is COc1ccc(/C=C2\SC(=O)N(CC(=O)[O-])C2=O)cc1OC. The van der Waals surface area contributed by atoms with Crippen LogP contribution in [0, 0.1) is 0 Å². The Morgan fingerprint density at radius 2 is 1.95 bits per heavy atom. The third-order valence-corrected chi connectivity index (χ3v) is 3.77. The summed E-state index contributed by atoms with van der Waals surface area (Å²) in [6, 6.07) is 5.00. The Kier molecular flexibility index (Phi) is 4.71. The number of nitrogens with zero attached hydrogens (tertiary/aromatic N) is 1. The van der Waals surface area contributed by atoms with Gasteiger partial charge in [0.25, 0.3) is 11.1 Å². The van der Waals surface area contributed by atoms with Crippen molar-refractivity contribution in [3.05, 3.63) is 28.7 Å². The van der Waals surface area contributed by atoms with Gasteiger partial charge in [-0.2, -0.15) is 0 Å². The van der Waals surface area contributed by atoms with Gasteiger partial charge < -0.3 is 19.4 Å². The number of ether oxygens (including phenoxy) is 2. The van der Waals surface area contributed by atoms with Gasteiger partial charge in [-0.1, -0.05) is 6.07 Å². The van der Waals surface area contributed by atoms with Crippen molar-refractivity contribution < 1.29 is 29.0 Å². The van der Waals surface area contributed by atoms with E-state index in [1.165, 1.54) is 20.3 Å². The van der Waals surface area contributed by atoms with Crippen molar-refractivity contribution in [3.63, 3.8) is 0 Å². The summed E-state index contributed by atoms with van der Waals surface area (Å²) in [6.07, 6.45) is 1.49. The molecule has 0 aliphatic carbocycles. The quantitative estimate of drug-likeness (QED) is 0.728. The molecular formula is C14H12NO6S-. The van der Waals surface area contributed by atoms with Crippen molar-refractivity contribution in [2.24, 2.45) is 0 Å².